The van der Waals surface area contributed by atoms with Crippen molar-refractivity contribution in [1.29, 1.82) is 5.41 Å². The molecular formula is C13H15N3. The second kappa shape index (κ2) is 6.35. The minimum atomic E-state index is 0.769. The number of aliphatic imine (C=N–C) groups is 1. The lowest BCUT2D eigenvalue weighted by atomic mass is 10.3. The van der Waals surface area contributed by atoms with Gasteiger partial charge in [0.15, 0.2) is 0 Å². The van der Waals surface area contributed by atoms with Crippen LogP contribution in [0.4, 0.5) is 5.69 Å². The lowest BCUT2D eigenvalue weighted by molar-refractivity contribution is 1.30. The van der Waals surface area contributed by atoms with E-state index < -0.39 is 0 Å². The zero-order valence-corrected chi connectivity index (χ0v) is 9.27. The SMILES string of the molecule is C=C(/C=C(C)/N=C\C=N)Nc1ccccc1. The average Bonchev–Trinajstić information content (AvgIpc) is 2.27. The van der Waals surface area contributed by atoms with Gasteiger partial charge in [-0.3, -0.25) is 4.99 Å². The van der Waals surface area contributed by atoms with Crippen LogP contribution in [-0.2, 0) is 0 Å². The van der Waals surface area contributed by atoms with Crippen molar-refractivity contribution in [3.05, 3.63) is 54.4 Å². The van der Waals surface area contributed by atoms with Crippen LogP contribution in [0.3, 0.4) is 0 Å². The zero-order chi connectivity index (χ0) is 11.8. The number of nitrogens with one attached hydrogen (secondary N) is 2. The number of hydrogen-bond donors (Lipinski definition) is 2. The quantitative estimate of drug-likeness (QED) is 0.572. The van der Waals surface area contributed by atoms with Crippen molar-refractivity contribution in [1.82, 2.24) is 0 Å². The van der Waals surface area contributed by atoms with E-state index in [2.05, 4.69) is 16.9 Å². The zero-order valence-electron chi connectivity index (χ0n) is 9.27. The number of benzene rings is 1. The third-order valence-corrected chi connectivity index (χ3v) is 1.81. The molecule has 0 saturated carbocycles. The molecule has 0 aliphatic carbocycles. The average molecular weight is 213 g/mol. The fourth-order valence-electron chi connectivity index (χ4n) is 1.19. The molecule has 0 bridgehead atoms. The Morgan fingerprint density at radius 1 is 1.38 bits per heavy atom. The van der Waals surface area contributed by atoms with E-state index in [-0.39, 0.29) is 0 Å². The summed E-state index contributed by atoms with van der Waals surface area (Å²) in [4.78, 5) is 4.02. The summed E-state index contributed by atoms with van der Waals surface area (Å²) in [6.45, 7) is 5.74. The maximum Gasteiger partial charge on any atom is 0.0446 e. The Labute approximate surface area is 95.7 Å². The van der Waals surface area contributed by atoms with Crippen molar-refractivity contribution >= 4 is 18.1 Å². The van der Waals surface area contributed by atoms with Gasteiger partial charge in [0.25, 0.3) is 0 Å². The second-order valence-electron chi connectivity index (χ2n) is 3.25. The summed E-state index contributed by atoms with van der Waals surface area (Å²) in [5, 5.41) is 9.97. The Balaban J connectivity index is 2.60. The van der Waals surface area contributed by atoms with E-state index in [1.54, 1.807) is 0 Å². The van der Waals surface area contributed by atoms with Crippen molar-refractivity contribution in [2.45, 2.75) is 6.92 Å². The van der Waals surface area contributed by atoms with Gasteiger partial charge in [0, 0.05) is 29.5 Å². The number of hydrogen-bond acceptors (Lipinski definition) is 3. The maximum absolute atomic E-state index is 6.82. The van der Waals surface area contributed by atoms with E-state index in [9.17, 15) is 0 Å². The first-order chi connectivity index (χ1) is 7.72. The molecule has 2 N–H and O–H groups in total. The van der Waals surface area contributed by atoms with Gasteiger partial charge in [-0.15, -0.1) is 0 Å². The first-order valence-corrected chi connectivity index (χ1v) is 4.95. The molecule has 0 aliphatic rings. The van der Waals surface area contributed by atoms with E-state index in [1.807, 2.05) is 43.3 Å². The highest BCUT2D eigenvalue weighted by Gasteiger charge is 1.91. The fourth-order valence-corrected chi connectivity index (χ4v) is 1.19. The molecule has 0 fully saturated rings. The first kappa shape index (κ1) is 11.9. The summed E-state index contributed by atoms with van der Waals surface area (Å²) >= 11 is 0. The van der Waals surface area contributed by atoms with Gasteiger partial charge in [-0.1, -0.05) is 24.8 Å². The van der Waals surface area contributed by atoms with Crippen molar-refractivity contribution < 1.29 is 0 Å². The molecule has 3 heteroatoms. The molecule has 0 amide bonds. The van der Waals surface area contributed by atoms with Crippen LogP contribution in [0.15, 0.2) is 59.4 Å². The molecule has 1 rings (SSSR count). The minimum Gasteiger partial charge on any atom is -0.356 e. The van der Waals surface area contributed by atoms with E-state index >= 15 is 0 Å². The molecule has 0 atom stereocenters. The van der Waals surface area contributed by atoms with E-state index in [0.717, 1.165) is 23.3 Å². The van der Waals surface area contributed by atoms with Crippen molar-refractivity contribution in [3.8, 4) is 0 Å². The lowest BCUT2D eigenvalue weighted by Gasteiger charge is -2.05. The lowest BCUT2D eigenvalue weighted by Crippen LogP contribution is -1.95. The van der Waals surface area contributed by atoms with Gasteiger partial charge < -0.3 is 10.7 Å². The molecule has 3 nitrogen and oxygen atoms in total. The Bertz CT molecular complexity index is 416. The van der Waals surface area contributed by atoms with Crippen LogP contribution in [-0.4, -0.2) is 12.4 Å². The maximum atomic E-state index is 6.82. The van der Waals surface area contributed by atoms with Gasteiger partial charge in [0.05, 0.1) is 0 Å². The minimum absolute atomic E-state index is 0.769. The summed E-state index contributed by atoms with van der Waals surface area (Å²) < 4.78 is 0. The molecule has 82 valence electrons. The van der Waals surface area contributed by atoms with Gasteiger partial charge in [-0.25, -0.2) is 0 Å². The summed E-state index contributed by atoms with van der Waals surface area (Å²) in [5.74, 6) is 0. The normalized spacial score (nSPS) is 11.4. The predicted octanol–water partition coefficient (Wildman–Crippen LogP) is 3.24. The number of para-hydroxylation sites is 1. The highest BCUT2D eigenvalue weighted by molar-refractivity contribution is 6.14. The van der Waals surface area contributed by atoms with E-state index in [4.69, 9.17) is 5.41 Å². The van der Waals surface area contributed by atoms with E-state index in [0.29, 0.717) is 0 Å². The van der Waals surface area contributed by atoms with Gasteiger partial charge in [0.2, 0.25) is 0 Å². The third kappa shape index (κ3) is 4.37. The van der Waals surface area contributed by atoms with Gasteiger partial charge in [-0.05, 0) is 25.1 Å². The van der Waals surface area contributed by atoms with E-state index in [1.165, 1.54) is 6.21 Å². The Kier molecular flexibility index (Phi) is 4.73. The van der Waals surface area contributed by atoms with Crippen molar-refractivity contribution in [2.24, 2.45) is 4.99 Å². The summed E-state index contributed by atoms with van der Waals surface area (Å²) in [6.07, 6.45) is 4.40. The molecule has 0 unspecified atom stereocenters. The van der Waals surface area contributed by atoms with Crippen LogP contribution in [0, 0.1) is 5.41 Å². The Morgan fingerprint density at radius 2 is 2.06 bits per heavy atom. The number of allylic oxidation sites excluding steroid dienone is 2. The molecule has 0 radical (unpaired) electrons. The van der Waals surface area contributed by atoms with Crippen LogP contribution >= 0.6 is 0 Å². The van der Waals surface area contributed by atoms with Crippen LogP contribution in [0.2, 0.25) is 0 Å². The van der Waals surface area contributed by atoms with Crippen molar-refractivity contribution in [2.75, 3.05) is 5.32 Å². The Hall–Kier alpha value is -2.16. The monoisotopic (exact) mass is 213 g/mol. The molecule has 0 aromatic heterocycles. The Morgan fingerprint density at radius 3 is 2.69 bits per heavy atom. The number of rotatable bonds is 5. The molecule has 0 saturated heterocycles. The largest absolute Gasteiger partial charge is 0.356 e. The highest BCUT2D eigenvalue weighted by Crippen LogP contribution is 2.09. The number of nitrogens with zero attached hydrogens (tertiary/aromatic N) is 1. The molecule has 1 aromatic carbocycles. The summed E-state index contributed by atoms with van der Waals surface area (Å²) in [7, 11) is 0. The predicted molar refractivity (Wildman–Crippen MR) is 70.2 cm³/mol. The van der Waals surface area contributed by atoms with Gasteiger partial charge in [-0.2, -0.15) is 0 Å². The molecule has 0 aliphatic heterocycles. The number of anilines is 1. The summed E-state index contributed by atoms with van der Waals surface area (Å²) in [6, 6.07) is 9.81. The molecule has 1 aromatic rings. The molecule has 0 spiro atoms. The van der Waals surface area contributed by atoms with Crippen LogP contribution < -0.4 is 5.32 Å². The first-order valence-electron chi connectivity index (χ1n) is 4.95. The van der Waals surface area contributed by atoms with Crippen LogP contribution in [0.1, 0.15) is 6.92 Å². The standard InChI is InChI=1S/C13H15N3/c1-11(15-9-8-14)10-12(2)16-13-6-4-3-5-7-13/h3-10,14,16H,2H2,1H3/b11-10+,14-8?,15-9-. The highest BCUT2D eigenvalue weighted by atomic mass is 14.9. The third-order valence-electron chi connectivity index (χ3n) is 1.81. The van der Waals surface area contributed by atoms with Gasteiger partial charge >= 0.3 is 0 Å². The van der Waals surface area contributed by atoms with Gasteiger partial charge in [0.1, 0.15) is 0 Å². The van der Waals surface area contributed by atoms with Crippen LogP contribution in [0.25, 0.3) is 0 Å². The fraction of sp³-hybridized carbons (Fsp3) is 0.0769. The molecular weight excluding hydrogens is 198 g/mol. The molecule has 0 heterocycles. The summed E-state index contributed by atoms with van der Waals surface area (Å²) in [5.41, 5.74) is 2.57. The van der Waals surface area contributed by atoms with Crippen molar-refractivity contribution in [3.63, 3.8) is 0 Å². The topological polar surface area (TPSA) is 48.2 Å². The van der Waals surface area contributed by atoms with Crippen LogP contribution in [0.5, 0.6) is 0 Å². The smallest absolute Gasteiger partial charge is 0.0446 e. The second-order valence-corrected chi connectivity index (χ2v) is 3.25. The molecule has 16 heavy (non-hydrogen) atoms.